The van der Waals surface area contributed by atoms with Crippen LogP contribution in [0.15, 0.2) is 91.0 Å². The van der Waals surface area contributed by atoms with Crippen LogP contribution in [0.2, 0.25) is 0 Å². The summed E-state index contributed by atoms with van der Waals surface area (Å²) in [6.45, 7) is 1.90. The molecule has 0 spiro atoms. The molecule has 0 radical (unpaired) electrons. The van der Waals surface area contributed by atoms with Crippen LogP contribution in [-0.2, 0) is 21.4 Å². The highest BCUT2D eigenvalue weighted by molar-refractivity contribution is 7.52. The third kappa shape index (κ3) is 5.46. The fraction of sp³-hybridized carbons (Fsp3) is 0.240. The van der Waals surface area contributed by atoms with Gasteiger partial charge in [-0.25, -0.2) is 4.79 Å². The van der Waals surface area contributed by atoms with E-state index >= 15 is 0 Å². The first-order valence-corrected chi connectivity index (χ1v) is 12.2. The number of carbonyl (C=O) groups excluding carboxylic acids is 1. The average Bonchev–Trinajstić information content (AvgIpc) is 2.81. The zero-order chi connectivity index (χ0) is 23.0. The molecule has 0 fully saturated rings. The second-order valence-electron chi connectivity index (χ2n) is 7.62. The Hall–Kier alpha value is -2.92. The lowest BCUT2D eigenvalue weighted by Crippen LogP contribution is -2.54. The van der Waals surface area contributed by atoms with Gasteiger partial charge in [-0.05, 0) is 23.1 Å². The fourth-order valence-corrected chi connectivity index (χ4v) is 5.47. The maximum atomic E-state index is 13.0. The molecule has 0 aliphatic rings. The lowest BCUT2D eigenvalue weighted by atomic mass is 9.78. The van der Waals surface area contributed by atoms with Crippen LogP contribution < -0.4 is 5.32 Å². The molecule has 1 unspecified atom stereocenters. The van der Waals surface area contributed by atoms with E-state index in [0.29, 0.717) is 17.5 Å². The number of nitrogens with one attached hydrogen (secondary N) is 1. The van der Waals surface area contributed by atoms with Crippen LogP contribution in [0.5, 0.6) is 0 Å². The van der Waals surface area contributed by atoms with E-state index in [-0.39, 0.29) is 13.0 Å². The van der Waals surface area contributed by atoms with Crippen molar-refractivity contribution < 1.29 is 23.9 Å². The largest absolute Gasteiger partial charge is 0.445 e. The molecule has 0 aromatic heterocycles. The second kappa shape index (κ2) is 10.6. The lowest BCUT2D eigenvalue weighted by Gasteiger charge is -2.42. The number of ether oxygens (including phenoxy) is 1. The zero-order valence-electron chi connectivity index (χ0n) is 17.9. The SMILES string of the molecule is CCCC(C(NC(=O)OCc1ccccc1)(c1ccccc1)c1ccccc1)P(=O)(O)O. The third-order valence-corrected chi connectivity index (χ3v) is 6.90. The van der Waals surface area contributed by atoms with Gasteiger partial charge in [0, 0.05) is 0 Å². The van der Waals surface area contributed by atoms with Gasteiger partial charge in [0.15, 0.2) is 0 Å². The van der Waals surface area contributed by atoms with Crippen molar-refractivity contribution in [3.63, 3.8) is 0 Å². The van der Waals surface area contributed by atoms with E-state index < -0.39 is 24.9 Å². The summed E-state index contributed by atoms with van der Waals surface area (Å²) in [4.78, 5) is 33.8. The number of alkyl carbamates (subject to hydrolysis) is 1. The van der Waals surface area contributed by atoms with Crippen molar-refractivity contribution in [1.29, 1.82) is 0 Å². The van der Waals surface area contributed by atoms with Gasteiger partial charge in [-0.3, -0.25) is 4.57 Å². The number of hydrogen-bond donors (Lipinski definition) is 3. The van der Waals surface area contributed by atoms with E-state index in [2.05, 4.69) is 5.32 Å². The standard InChI is InChI=1S/C25H28NO5P/c1-2-12-23(32(28,29)30)25(21-15-8-4-9-16-21,22-17-10-5-11-18-22)26-24(27)31-19-20-13-6-3-7-14-20/h3-11,13-18,23H,2,12,19H2,1H3,(H,26,27)(H2,28,29,30). The highest BCUT2D eigenvalue weighted by Gasteiger charge is 2.51. The molecule has 168 valence electrons. The first-order valence-electron chi connectivity index (χ1n) is 10.5. The summed E-state index contributed by atoms with van der Waals surface area (Å²) >= 11 is 0. The summed E-state index contributed by atoms with van der Waals surface area (Å²) in [7, 11) is -4.65. The Labute approximate surface area is 188 Å². The Morgan fingerprint density at radius 2 is 1.38 bits per heavy atom. The van der Waals surface area contributed by atoms with Crippen molar-refractivity contribution in [2.75, 3.05) is 0 Å². The van der Waals surface area contributed by atoms with Gasteiger partial charge >= 0.3 is 13.7 Å². The molecule has 32 heavy (non-hydrogen) atoms. The minimum absolute atomic E-state index is 0.0423. The molecule has 7 heteroatoms. The van der Waals surface area contributed by atoms with Crippen LogP contribution in [0.3, 0.4) is 0 Å². The smallest absolute Gasteiger partial charge is 0.408 e. The van der Waals surface area contributed by atoms with Crippen molar-refractivity contribution in [3.05, 3.63) is 108 Å². The van der Waals surface area contributed by atoms with E-state index in [9.17, 15) is 19.1 Å². The van der Waals surface area contributed by atoms with E-state index in [1.807, 2.05) is 49.4 Å². The zero-order valence-corrected chi connectivity index (χ0v) is 18.8. The molecule has 1 atom stereocenters. The molecule has 0 heterocycles. The molecule has 0 bridgehead atoms. The Balaban J connectivity index is 2.10. The molecule has 0 aliphatic heterocycles. The van der Waals surface area contributed by atoms with Gasteiger partial charge in [-0.1, -0.05) is 104 Å². The summed E-state index contributed by atoms with van der Waals surface area (Å²) in [5.74, 6) is 0. The van der Waals surface area contributed by atoms with E-state index in [4.69, 9.17) is 4.74 Å². The molecule has 3 N–H and O–H groups in total. The second-order valence-corrected chi connectivity index (χ2v) is 9.42. The molecule has 6 nitrogen and oxygen atoms in total. The van der Waals surface area contributed by atoms with Crippen molar-refractivity contribution >= 4 is 13.7 Å². The maximum Gasteiger partial charge on any atom is 0.408 e. The molecule has 3 rings (SSSR count). The summed E-state index contributed by atoms with van der Waals surface area (Å²) in [6.07, 6.45) is -0.0264. The topological polar surface area (TPSA) is 95.9 Å². The molecular formula is C25H28NO5P. The first-order chi connectivity index (χ1) is 15.4. The molecule has 0 aliphatic carbocycles. The average molecular weight is 453 g/mol. The molecule has 0 saturated heterocycles. The normalized spacial score (nSPS) is 12.7. The van der Waals surface area contributed by atoms with Crippen LogP contribution in [0.1, 0.15) is 36.5 Å². The number of carbonyl (C=O) groups is 1. The van der Waals surface area contributed by atoms with Gasteiger partial charge in [0.2, 0.25) is 0 Å². The summed E-state index contributed by atoms with van der Waals surface area (Å²) in [6, 6.07) is 27.1. The summed E-state index contributed by atoms with van der Waals surface area (Å²) < 4.78 is 18.2. The van der Waals surface area contributed by atoms with E-state index in [1.54, 1.807) is 48.5 Å². The highest BCUT2D eigenvalue weighted by atomic mass is 31.2. The summed E-state index contributed by atoms with van der Waals surface area (Å²) in [5, 5.41) is 2.87. The van der Waals surface area contributed by atoms with Crippen LogP contribution >= 0.6 is 7.60 Å². The van der Waals surface area contributed by atoms with Crippen LogP contribution in [-0.4, -0.2) is 21.5 Å². The van der Waals surface area contributed by atoms with Crippen molar-refractivity contribution in [1.82, 2.24) is 5.32 Å². The number of hydrogen-bond acceptors (Lipinski definition) is 3. The molecule has 1 amide bonds. The molecular weight excluding hydrogens is 425 g/mol. The van der Waals surface area contributed by atoms with Crippen molar-refractivity contribution in [3.8, 4) is 0 Å². The van der Waals surface area contributed by atoms with Gasteiger partial charge in [0.1, 0.15) is 12.1 Å². The van der Waals surface area contributed by atoms with Gasteiger partial charge in [-0.15, -0.1) is 0 Å². The highest BCUT2D eigenvalue weighted by Crippen LogP contribution is 2.54. The van der Waals surface area contributed by atoms with Gasteiger partial charge < -0.3 is 19.8 Å². The fourth-order valence-electron chi connectivity index (χ4n) is 4.01. The van der Waals surface area contributed by atoms with Crippen LogP contribution in [0.4, 0.5) is 4.79 Å². The predicted molar refractivity (Wildman–Crippen MR) is 124 cm³/mol. The van der Waals surface area contributed by atoms with Crippen LogP contribution in [0, 0.1) is 0 Å². The molecule has 0 saturated carbocycles. The van der Waals surface area contributed by atoms with Crippen LogP contribution in [0.25, 0.3) is 0 Å². The van der Waals surface area contributed by atoms with Gasteiger partial charge in [-0.2, -0.15) is 0 Å². The van der Waals surface area contributed by atoms with Crippen molar-refractivity contribution in [2.45, 2.75) is 37.6 Å². The van der Waals surface area contributed by atoms with Crippen molar-refractivity contribution in [2.24, 2.45) is 0 Å². The van der Waals surface area contributed by atoms with Gasteiger partial charge in [0.05, 0.1) is 5.66 Å². The first kappa shape index (κ1) is 23.7. The molecule has 3 aromatic rings. The monoisotopic (exact) mass is 453 g/mol. The summed E-state index contributed by atoms with van der Waals surface area (Å²) in [5.41, 5.74) is -0.707. The number of rotatable bonds is 9. The number of amides is 1. The third-order valence-electron chi connectivity index (χ3n) is 5.44. The lowest BCUT2D eigenvalue weighted by molar-refractivity contribution is 0.127. The van der Waals surface area contributed by atoms with E-state index in [0.717, 1.165) is 5.56 Å². The minimum Gasteiger partial charge on any atom is -0.445 e. The predicted octanol–water partition coefficient (Wildman–Crippen LogP) is 5.20. The maximum absolute atomic E-state index is 13.0. The Morgan fingerprint density at radius 1 is 0.906 bits per heavy atom. The van der Waals surface area contributed by atoms with Gasteiger partial charge in [0.25, 0.3) is 0 Å². The Bertz CT molecular complexity index is 998. The quantitative estimate of drug-likeness (QED) is 0.387. The Kier molecular flexibility index (Phi) is 7.86. The minimum atomic E-state index is -4.65. The molecule has 3 aromatic carbocycles. The Morgan fingerprint density at radius 3 is 1.81 bits per heavy atom. The number of benzene rings is 3. The van der Waals surface area contributed by atoms with E-state index in [1.165, 1.54) is 0 Å².